The zero-order valence-electron chi connectivity index (χ0n) is 17.0. The Morgan fingerprint density at radius 1 is 1.27 bits per heavy atom. The van der Waals surface area contributed by atoms with Crippen LogP contribution in [0.25, 0.3) is 0 Å². The fourth-order valence-electron chi connectivity index (χ4n) is 3.28. The maximum atomic E-state index is 13.1. The van der Waals surface area contributed by atoms with E-state index < -0.39 is 0 Å². The van der Waals surface area contributed by atoms with Gasteiger partial charge in [-0.15, -0.1) is 16.4 Å². The fraction of sp³-hybridized carbons (Fsp3) is 0.318. The van der Waals surface area contributed by atoms with E-state index in [9.17, 15) is 4.79 Å². The second kappa shape index (κ2) is 9.49. The van der Waals surface area contributed by atoms with Crippen LogP contribution < -0.4 is 5.32 Å². The van der Waals surface area contributed by atoms with Crippen molar-refractivity contribution in [2.24, 2.45) is 0 Å². The van der Waals surface area contributed by atoms with Gasteiger partial charge in [0.1, 0.15) is 12.6 Å². The molecule has 6 nitrogen and oxygen atoms in total. The van der Waals surface area contributed by atoms with Crippen molar-refractivity contribution in [1.29, 1.82) is 0 Å². The van der Waals surface area contributed by atoms with Crippen molar-refractivity contribution in [3.63, 3.8) is 0 Å². The number of nitrogens with one attached hydrogen (secondary N) is 1. The normalized spacial score (nSPS) is 15.6. The molecule has 8 heteroatoms. The lowest BCUT2D eigenvalue weighted by atomic mass is 10.0. The molecular formula is C22H24N4O2S2. The Morgan fingerprint density at radius 3 is 2.83 bits per heavy atom. The highest BCUT2D eigenvalue weighted by molar-refractivity contribution is 7.99. The van der Waals surface area contributed by atoms with Crippen LogP contribution in [-0.2, 0) is 16.1 Å². The molecule has 0 radical (unpaired) electrons. The van der Waals surface area contributed by atoms with Crippen molar-refractivity contribution in [2.45, 2.75) is 44.5 Å². The Bertz CT molecular complexity index is 1030. The Balaban J connectivity index is 1.61. The summed E-state index contributed by atoms with van der Waals surface area (Å²) in [6.07, 6.45) is 2.25. The quantitative estimate of drug-likeness (QED) is 0.293. The molecule has 1 atom stereocenters. The molecule has 1 N–H and O–H groups in total. The fourth-order valence-corrected chi connectivity index (χ4v) is 5.01. The average molecular weight is 441 g/mol. The van der Waals surface area contributed by atoms with Crippen LogP contribution in [0.3, 0.4) is 0 Å². The number of thiophene rings is 1. The number of hydrogen-bond donors (Lipinski definition) is 1. The third kappa shape index (κ3) is 4.44. The van der Waals surface area contributed by atoms with Crippen molar-refractivity contribution in [3.8, 4) is 0 Å². The number of carbonyl (C=O) groups excluding carboxylic acids is 1. The lowest BCUT2D eigenvalue weighted by molar-refractivity contribution is -0.140. The van der Waals surface area contributed by atoms with Gasteiger partial charge >= 0.3 is 5.97 Å². The van der Waals surface area contributed by atoms with Crippen LogP contribution >= 0.6 is 23.1 Å². The van der Waals surface area contributed by atoms with Crippen LogP contribution in [0.4, 0.5) is 5.95 Å². The van der Waals surface area contributed by atoms with Gasteiger partial charge in [-0.25, -0.2) is 9.48 Å². The SMILES string of the molecule is CCCCSc1nc2n(n1)C(c1cccs1)C(C(=O)OCc1ccccc1)=C(C)N2. The molecule has 1 aliphatic rings. The molecule has 1 unspecified atom stereocenters. The summed E-state index contributed by atoms with van der Waals surface area (Å²) >= 11 is 3.24. The van der Waals surface area contributed by atoms with Crippen molar-refractivity contribution in [2.75, 3.05) is 11.1 Å². The van der Waals surface area contributed by atoms with E-state index in [1.54, 1.807) is 23.1 Å². The number of hydrogen-bond acceptors (Lipinski definition) is 7. The number of fused-ring (bicyclic) bond motifs is 1. The highest BCUT2D eigenvalue weighted by atomic mass is 32.2. The minimum atomic E-state index is -0.349. The van der Waals surface area contributed by atoms with Crippen LogP contribution in [0.15, 0.2) is 64.3 Å². The smallest absolute Gasteiger partial charge is 0.338 e. The van der Waals surface area contributed by atoms with Crippen LogP contribution in [-0.4, -0.2) is 26.5 Å². The molecule has 0 fully saturated rings. The lowest BCUT2D eigenvalue weighted by Gasteiger charge is -2.27. The third-order valence-electron chi connectivity index (χ3n) is 4.81. The van der Waals surface area contributed by atoms with Gasteiger partial charge in [0.15, 0.2) is 0 Å². The molecule has 30 heavy (non-hydrogen) atoms. The lowest BCUT2D eigenvalue weighted by Crippen LogP contribution is -2.29. The first-order chi connectivity index (χ1) is 14.7. The van der Waals surface area contributed by atoms with Gasteiger partial charge in [-0.3, -0.25) is 0 Å². The summed E-state index contributed by atoms with van der Waals surface area (Å²) in [4.78, 5) is 18.8. The van der Waals surface area contributed by atoms with E-state index in [1.807, 2.05) is 59.5 Å². The number of esters is 1. The van der Waals surface area contributed by atoms with Crippen molar-refractivity contribution < 1.29 is 9.53 Å². The Kier molecular flexibility index (Phi) is 6.54. The predicted octanol–water partition coefficient (Wildman–Crippen LogP) is 5.26. The molecule has 156 valence electrons. The highest BCUT2D eigenvalue weighted by Gasteiger charge is 2.35. The van der Waals surface area contributed by atoms with E-state index in [0.29, 0.717) is 11.5 Å². The number of rotatable bonds is 8. The molecule has 0 aliphatic carbocycles. The van der Waals surface area contributed by atoms with E-state index in [-0.39, 0.29) is 18.6 Å². The number of anilines is 1. The number of ether oxygens (including phenoxy) is 1. The van der Waals surface area contributed by atoms with Gasteiger partial charge in [0.05, 0.1) is 5.57 Å². The molecule has 0 saturated carbocycles. The van der Waals surface area contributed by atoms with Gasteiger partial charge < -0.3 is 10.1 Å². The molecule has 1 aliphatic heterocycles. The average Bonchev–Trinajstić information content (AvgIpc) is 3.42. The van der Waals surface area contributed by atoms with Gasteiger partial charge in [0.25, 0.3) is 0 Å². The van der Waals surface area contributed by atoms with Gasteiger partial charge in [-0.05, 0) is 30.4 Å². The van der Waals surface area contributed by atoms with Crippen molar-refractivity contribution in [3.05, 3.63) is 69.6 Å². The summed E-state index contributed by atoms with van der Waals surface area (Å²) in [7, 11) is 0. The summed E-state index contributed by atoms with van der Waals surface area (Å²) in [6, 6.07) is 13.4. The maximum absolute atomic E-state index is 13.1. The molecule has 0 bridgehead atoms. The third-order valence-corrected chi connectivity index (χ3v) is 6.66. The van der Waals surface area contributed by atoms with Crippen LogP contribution in [0.2, 0.25) is 0 Å². The molecule has 0 spiro atoms. The van der Waals surface area contributed by atoms with Crippen LogP contribution in [0.1, 0.15) is 43.2 Å². The molecular weight excluding hydrogens is 416 g/mol. The summed E-state index contributed by atoms with van der Waals surface area (Å²) < 4.78 is 7.48. The van der Waals surface area contributed by atoms with Gasteiger partial charge in [0.2, 0.25) is 11.1 Å². The van der Waals surface area contributed by atoms with E-state index in [2.05, 4.69) is 17.2 Å². The zero-order chi connectivity index (χ0) is 20.9. The molecule has 0 saturated heterocycles. The van der Waals surface area contributed by atoms with Crippen molar-refractivity contribution in [1.82, 2.24) is 14.8 Å². The topological polar surface area (TPSA) is 69.0 Å². The first-order valence-electron chi connectivity index (χ1n) is 9.99. The Morgan fingerprint density at radius 2 is 2.10 bits per heavy atom. The van der Waals surface area contributed by atoms with E-state index >= 15 is 0 Å². The summed E-state index contributed by atoms with van der Waals surface area (Å²) in [6.45, 7) is 4.29. The molecule has 4 rings (SSSR count). The number of aromatic nitrogens is 3. The van der Waals surface area contributed by atoms with Gasteiger partial charge in [-0.1, -0.05) is 61.5 Å². The number of thioether (sulfide) groups is 1. The second-order valence-electron chi connectivity index (χ2n) is 7.01. The first-order valence-corrected chi connectivity index (χ1v) is 11.9. The van der Waals surface area contributed by atoms with Crippen LogP contribution in [0, 0.1) is 0 Å². The van der Waals surface area contributed by atoms with Crippen LogP contribution in [0.5, 0.6) is 0 Å². The monoisotopic (exact) mass is 440 g/mol. The highest BCUT2D eigenvalue weighted by Crippen LogP contribution is 2.38. The van der Waals surface area contributed by atoms with E-state index in [0.717, 1.165) is 39.9 Å². The first kappa shape index (κ1) is 20.7. The van der Waals surface area contributed by atoms with E-state index in [1.165, 1.54) is 0 Å². The van der Waals surface area contributed by atoms with Crippen molar-refractivity contribution >= 4 is 35.0 Å². The minimum absolute atomic E-state index is 0.232. The predicted molar refractivity (Wildman–Crippen MR) is 121 cm³/mol. The van der Waals surface area contributed by atoms with Gasteiger partial charge in [-0.2, -0.15) is 4.98 Å². The Hall–Kier alpha value is -2.58. The molecule has 2 aromatic heterocycles. The minimum Gasteiger partial charge on any atom is -0.457 e. The van der Waals surface area contributed by atoms with E-state index in [4.69, 9.17) is 9.84 Å². The summed E-state index contributed by atoms with van der Waals surface area (Å²) in [5, 5.41) is 10.7. The number of benzene rings is 1. The number of allylic oxidation sites excluding steroid dienone is 1. The number of unbranched alkanes of at least 4 members (excludes halogenated alkanes) is 1. The summed E-state index contributed by atoms with van der Waals surface area (Å²) in [5.74, 6) is 1.29. The molecule has 3 aromatic rings. The number of carbonyl (C=O) groups is 1. The standard InChI is InChI=1S/C22H24N4O2S2/c1-3-4-12-30-22-24-21-23-15(2)18(19(26(21)25-22)17-11-8-13-29-17)20(27)28-14-16-9-6-5-7-10-16/h5-11,13,19H,3-4,12,14H2,1-2H3,(H,23,24,25). The molecule has 3 heterocycles. The van der Waals surface area contributed by atoms with Gasteiger partial charge in [0, 0.05) is 16.3 Å². The zero-order valence-corrected chi connectivity index (χ0v) is 18.6. The largest absolute Gasteiger partial charge is 0.457 e. The molecule has 1 aromatic carbocycles. The second-order valence-corrected chi connectivity index (χ2v) is 9.05. The summed E-state index contributed by atoms with van der Waals surface area (Å²) in [5.41, 5.74) is 2.27. The molecule has 0 amide bonds. The number of nitrogens with zero attached hydrogens (tertiary/aromatic N) is 3. The Labute approximate surface area is 184 Å². The maximum Gasteiger partial charge on any atom is 0.338 e.